The molecule has 0 fully saturated rings. The Morgan fingerprint density at radius 2 is 1.58 bits per heavy atom. The Morgan fingerprint density at radius 1 is 1.00 bits per heavy atom. The Balaban J connectivity index is 3.86. The van der Waals surface area contributed by atoms with Gasteiger partial charge >= 0.3 is 0 Å². The first-order valence-electron chi connectivity index (χ1n) is 5.53. The lowest BCUT2D eigenvalue weighted by Gasteiger charge is -2.25. The van der Waals surface area contributed by atoms with Gasteiger partial charge in [-0.1, -0.05) is 47.0 Å². The summed E-state index contributed by atoms with van der Waals surface area (Å²) in [5.41, 5.74) is 0. The van der Waals surface area contributed by atoms with Crippen LogP contribution in [0.1, 0.15) is 53.4 Å². The largest absolute Gasteiger partial charge is 0.314 e. The molecule has 0 saturated carbocycles. The molecule has 0 aromatic heterocycles. The van der Waals surface area contributed by atoms with Gasteiger partial charge in [0.05, 0.1) is 0 Å². The second-order valence-corrected chi connectivity index (χ2v) is 3.53. The van der Waals surface area contributed by atoms with E-state index in [-0.39, 0.29) is 0 Å². The molecule has 1 N–H and O–H groups in total. The summed E-state index contributed by atoms with van der Waals surface area (Å²) in [4.78, 5) is 0. The Kier molecular flexibility index (Phi) is 7.58. The summed E-state index contributed by atoms with van der Waals surface area (Å²) in [5.74, 6) is 0.880. The minimum absolute atomic E-state index is 0.759. The average molecular weight is 171 g/mol. The van der Waals surface area contributed by atoms with E-state index < -0.39 is 0 Å². The van der Waals surface area contributed by atoms with Gasteiger partial charge in [0.15, 0.2) is 0 Å². The molecular formula is C11H25N. The highest BCUT2D eigenvalue weighted by atomic mass is 14.9. The lowest BCUT2D eigenvalue weighted by molar-refractivity contribution is 0.320. The zero-order chi connectivity index (χ0) is 9.40. The third kappa shape index (κ3) is 4.10. The van der Waals surface area contributed by atoms with Crippen molar-refractivity contribution in [2.24, 2.45) is 5.92 Å². The minimum Gasteiger partial charge on any atom is -0.314 e. The van der Waals surface area contributed by atoms with Gasteiger partial charge < -0.3 is 5.32 Å². The topological polar surface area (TPSA) is 12.0 Å². The Morgan fingerprint density at radius 3 is 1.92 bits per heavy atom. The van der Waals surface area contributed by atoms with Crippen molar-refractivity contribution in [2.45, 2.75) is 59.4 Å². The number of hydrogen-bond acceptors (Lipinski definition) is 1. The molecule has 12 heavy (non-hydrogen) atoms. The van der Waals surface area contributed by atoms with Crippen molar-refractivity contribution in [3.05, 3.63) is 0 Å². The molecular weight excluding hydrogens is 146 g/mol. The highest BCUT2D eigenvalue weighted by molar-refractivity contribution is 4.73. The molecule has 0 aliphatic rings. The second-order valence-electron chi connectivity index (χ2n) is 3.53. The standard InChI is InChI=1S/C11H25N/c1-5-9-11(12-8-4)10(6-2)7-3/h10-12H,5-9H2,1-4H3. The van der Waals surface area contributed by atoms with Crippen molar-refractivity contribution in [2.75, 3.05) is 6.54 Å². The van der Waals surface area contributed by atoms with Crippen LogP contribution in [-0.4, -0.2) is 12.6 Å². The van der Waals surface area contributed by atoms with Crippen molar-refractivity contribution in [1.29, 1.82) is 0 Å². The van der Waals surface area contributed by atoms with Crippen LogP contribution in [0.2, 0.25) is 0 Å². The molecule has 0 amide bonds. The number of nitrogens with one attached hydrogen (secondary N) is 1. The first-order chi connectivity index (χ1) is 5.79. The molecule has 0 aromatic rings. The summed E-state index contributed by atoms with van der Waals surface area (Å²) >= 11 is 0. The third-order valence-electron chi connectivity index (χ3n) is 2.68. The van der Waals surface area contributed by atoms with E-state index in [0.717, 1.165) is 18.5 Å². The van der Waals surface area contributed by atoms with Crippen molar-refractivity contribution in [3.8, 4) is 0 Å². The van der Waals surface area contributed by atoms with Crippen molar-refractivity contribution >= 4 is 0 Å². The SMILES string of the molecule is CCCC(NCC)C(CC)CC. The van der Waals surface area contributed by atoms with Crippen molar-refractivity contribution in [3.63, 3.8) is 0 Å². The van der Waals surface area contributed by atoms with Crippen molar-refractivity contribution in [1.82, 2.24) is 5.32 Å². The quantitative estimate of drug-likeness (QED) is 0.620. The molecule has 0 radical (unpaired) electrons. The summed E-state index contributed by atoms with van der Waals surface area (Å²) in [7, 11) is 0. The fourth-order valence-electron chi connectivity index (χ4n) is 1.94. The first kappa shape index (κ1) is 12.0. The Hall–Kier alpha value is -0.0400. The van der Waals surface area contributed by atoms with Gasteiger partial charge in [0.25, 0.3) is 0 Å². The van der Waals surface area contributed by atoms with Gasteiger partial charge in [-0.25, -0.2) is 0 Å². The first-order valence-corrected chi connectivity index (χ1v) is 5.53. The van der Waals surface area contributed by atoms with Gasteiger partial charge in [-0.2, -0.15) is 0 Å². The fourth-order valence-corrected chi connectivity index (χ4v) is 1.94. The maximum Gasteiger partial charge on any atom is 0.00949 e. The van der Waals surface area contributed by atoms with Crippen LogP contribution in [-0.2, 0) is 0 Å². The van der Waals surface area contributed by atoms with Gasteiger partial charge in [0, 0.05) is 6.04 Å². The van der Waals surface area contributed by atoms with E-state index in [1.54, 1.807) is 0 Å². The second kappa shape index (κ2) is 7.60. The van der Waals surface area contributed by atoms with E-state index in [1.165, 1.54) is 25.7 Å². The van der Waals surface area contributed by atoms with Gasteiger partial charge in [0.2, 0.25) is 0 Å². The maximum atomic E-state index is 3.59. The summed E-state index contributed by atoms with van der Waals surface area (Å²) in [5, 5.41) is 3.59. The zero-order valence-electron chi connectivity index (χ0n) is 9.19. The summed E-state index contributed by atoms with van der Waals surface area (Å²) in [6, 6.07) is 0.759. The average Bonchev–Trinajstić information content (AvgIpc) is 2.07. The molecule has 0 aromatic carbocycles. The Bertz CT molecular complexity index is 81.0. The molecule has 0 bridgehead atoms. The molecule has 0 spiro atoms. The van der Waals surface area contributed by atoms with Crippen LogP contribution in [0.4, 0.5) is 0 Å². The summed E-state index contributed by atoms with van der Waals surface area (Å²) < 4.78 is 0. The third-order valence-corrected chi connectivity index (χ3v) is 2.68. The lowest BCUT2D eigenvalue weighted by Crippen LogP contribution is -2.35. The molecule has 1 nitrogen and oxygen atoms in total. The van der Waals surface area contributed by atoms with Gasteiger partial charge in [-0.15, -0.1) is 0 Å². The van der Waals surface area contributed by atoms with E-state index in [0.29, 0.717) is 0 Å². The summed E-state index contributed by atoms with van der Waals surface area (Å²) in [6.45, 7) is 10.2. The smallest absolute Gasteiger partial charge is 0.00949 e. The fraction of sp³-hybridized carbons (Fsp3) is 1.00. The monoisotopic (exact) mass is 171 g/mol. The highest BCUT2D eigenvalue weighted by Crippen LogP contribution is 2.16. The van der Waals surface area contributed by atoms with E-state index in [9.17, 15) is 0 Å². The van der Waals surface area contributed by atoms with Crippen LogP contribution < -0.4 is 5.32 Å². The van der Waals surface area contributed by atoms with Crippen LogP contribution >= 0.6 is 0 Å². The van der Waals surface area contributed by atoms with Crippen molar-refractivity contribution < 1.29 is 0 Å². The van der Waals surface area contributed by atoms with E-state index in [2.05, 4.69) is 33.0 Å². The van der Waals surface area contributed by atoms with E-state index in [4.69, 9.17) is 0 Å². The van der Waals surface area contributed by atoms with Crippen LogP contribution in [0.25, 0.3) is 0 Å². The molecule has 0 aliphatic carbocycles. The van der Waals surface area contributed by atoms with Crippen LogP contribution in [0.15, 0.2) is 0 Å². The lowest BCUT2D eigenvalue weighted by atomic mass is 9.91. The highest BCUT2D eigenvalue weighted by Gasteiger charge is 2.15. The molecule has 1 heteroatoms. The molecule has 74 valence electrons. The number of hydrogen-bond donors (Lipinski definition) is 1. The van der Waals surface area contributed by atoms with E-state index in [1.807, 2.05) is 0 Å². The molecule has 0 aliphatic heterocycles. The van der Waals surface area contributed by atoms with Gasteiger partial charge in [0.1, 0.15) is 0 Å². The van der Waals surface area contributed by atoms with Crippen LogP contribution in [0.3, 0.4) is 0 Å². The predicted octanol–water partition coefficient (Wildman–Crippen LogP) is 3.20. The van der Waals surface area contributed by atoms with Gasteiger partial charge in [-0.3, -0.25) is 0 Å². The molecule has 0 saturated heterocycles. The van der Waals surface area contributed by atoms with Crippen LogP contribution in [0, 0.1) is 5.92 Å². The van der Waals surface area contributed by atoms with Crippen LogP contribution in [0.5, 0.6) is 0 Å². The molecule has 0 heterocycles. The Labute approximate surface area is 77.9 Å². The molecule has 0 rings (SSSR count). The number of rotatable bonds is 7. The minimum atomic E-state index is 0.759. The molecule has 1 unspecified atom stereocenters. The van der Waals surface area contributed by atoms with E-state index >= 15 is 0 Å². The zero-order valence-corrected chi connectivity index (χ0v) is 9.19. The maximum absolute atomic E-state index is 3.59. The normalized spacial score (nSPS) is 13.8. The molecule has 1 atom stereocenters. The van der Waals surface area contributed by atoms with Gasteiger partial charge in [-0.05, 0) is 18.9 Å². The predicted molar refractivity (Wildman–Crippen MR) is 56.4 cm³/mol. The summed E-state index contributed by atoms with van der Waals surface area (Å²) in [6.07, 6.45) is 5.26.